The van der Waals surface area contributed by atoms with Crippen LogP contribution in [0.3, 0.4) is 0 Å². The number of hydrogen-bond acceptors (Lipinski definition) is 19. The Morgan fingerprint density at radius 1 is 0.225 bits per heavy atom. The van der Waals surface area contributed by atoms with E-state index in [0.29, 0.717) is 38.5 Å². The summed E-state index contributed by atoms with van der Waals surface area (Å²) < 4.78 is 128. The standard InChI is InChI=1S/C52H106O19/c1-20-38-66-44(19,52(69-41-23-4,70-42-24-5)71-43-25-6)45(67-39-21-2,68-40-22-3)46(54-26-7,55-27-8)47(56-28-9,57-29-10)48(58-30-11,59-31-12)49(60-32-13,61-33-14)50(62-34-15,63-35-16)51(53,64-36-17)65-37-18/h53H,20-43H2,1-19H3. The molecule has 0 aromatic carbocycles. The van der Waals surface area contributed by atoms with Crippen molar-refractivity contribution in [1.82, 2.24) is 0 Å². The second kappa shape index (κ2) is 35.5. The third kappa shape index (κ3) is 14.1. The van der Waals surface area contributed by atoms with Crippen LogP contribution in [0.1, 0.15) is 170 Å². The Morgan fingerprint density at radius 2 is 0.423 bits per heavy atom. The van der Waals surface area contributed by atoms with Crippen LogP contribution in [0.5, 0.6) is 0 Å². The summed E-state index contributed by atoms with van der Waals surface area (Å²) in [7, 11) is 0. The van der Waals surface area contributed by atoms with Crippen molar-refractivity contribution in [2.75, 3.05) is 119 Å². The third-order valence-electron chi connectivity index (χ3n) is 11.1. The van der Waals surface area contributed by atoms with E-state index in [2.05, 4.69) is 0 Å². The van der Waals surface area contributed by atoms with Crippen LogP contribution in [-0.2, 0) is 85.3 Å². The Kier molecular flexibility index (Phi) is 35.2. The van der Waals surface area contributed by atoms with Crippen LogP contribution < -0.4 is 0 Å². The zero-order valence-corrected chi connectivity index (χ0v) is 48.3. The molecule has 0 aromatic rings. The highest BCUT2D eigenvalue weighted by atomic mass is 16.9. The lowest BCUT2D eigenvalue weighted by atomic mass is 9.73. The Morgan fingerprint density at radius 3 is 0.662 bits per heavy atom. The molecule has 0 aliphatic carbocycles. The van der Waals surface area contributed by atoms with Gasteiger partial charge in [-0.3, -0.25) is 0 Å². The van der Waals surface area contributed by atoms with Crippen LogP contribution >= 0.6 is 0 Å². The van der Waals surface area contributed by atoms with Gasteiger partial charge in [0.1, 0.15) is 0 Å². The normalized spacial score (nSPS) is 14.7. The molecular weight excluding hydrogens is 929 g/mol. The van der Waals surface area contributed by atoms with Gasteiger partial charge in [-0.2, -0.15) is 0 Å². The minimum absolute atomic E-state index is 0.00890. The second-order valence-electron chi connectivity index (χ2n) is 16.2. The molecule has 1 atom stereocenters. The summed E-state index contributed by atoms with van der Waals surface area (Å²) in [4.78, 5) is 0. The molecule has 0 spiro atoms. The quantitative estimate of drug-likeness (QED) is 0.0568. The van der Waals surface area contributed by atoms with Crippen LogP contribution in [-0.4, -0.2) is 176 Å². The van der Waals surface area contributed by atoms with E-state index in [4.69, 9.17) is 85.3 Å². The van der Waals surface area contributed by atoms with Crippen molar-refractivity contribution in [2.24, 2.45) is 0 Å². The summed E-state index contributed by atoms with van der Waals surface area (Å²) in [5.41, 5.74) is -2.12. The van der Waals surface area contributed by atoms with E-state index >= 15 is 0 Å². The third-order valence-corrected chi connectivity index (χ3v) is 11.1. The molecule has 0 rings (SSSR count). The highest BCUT2D eigenvalue weighted by Gasteiger charge is 2.93. The Hall–Kier alpha value is -0.760. The van der Waals surface area contributed by atoms with Gasteiger partial charge in [-0.15, -0.1) is 0 Å². The zero-order chi connectivity index (χ0) is 54.2. The summed E-state index contributed by atoms with van der Waals surface area (Å²) in [6.45, 7) is 33.0. The lowest BCUT2D eigenvalue weighted by Crippen LogP contribution is -2.94. The molecule has 0 aliphatic heterocycles. The molecule has 1 N–H and O–H groups in total. The van der Waals surface area contributed by atoms with E-state index < -0.39 is 52.3 Å². The van der Waals surface area contributed by atoms with Crippen LogP contribution in [0.25, 0.3) is 0 Å². The van der Waals surface area contributed by atoms with Gasteiger partial charge in [0.2, 0.25) is 5.60 Å². The fourth-order valence-corrected chi connectivity index (χ4v) is 9.08. The first kappa shape index (κ1) is 70.2. The molecule has 71 heavy (non-hydrogen) atoms. The van der Waals surface area contributed by atoms with E-state index in [0.717, 1.165) is 0 Å². The van der Waals surface area contributed by atoms with E-state index in [-0.39, 0.29) is 119 Å². The largest absolute Gasteiger partial charge is 0.361 e. The molecule has 0 saturated heterocycles. The van der Waals surface area contributed by atoms with Crippen molar-refractivity contribution >= 4 is 0 Å². The van der Waals surface area contributed by atoms with Crippen molar-refractivity contribution in [3.05, 3.63) is 0 Å². The van der Waals surface area contributed by atoms with Gasteiger partial charge >= 0.3 is 17.7 Å². The summed E-state index contributed by atoms with van der Waals surface area (Å²) >= 11 is 0. The zero-order valence-electron chi connectivity index (χ0n) is 48.3. The smallest absolute Gasteiger partial charge is 0.344 e. The highest BCUT2D eigenvalue weighted by Crippen LogP contribution is 2.64. The molecule has 0 saturated carbocycles. The predicted octanol–water partition coefficient (Wildman–Crippen LogP) is 9.22. The predicted molar refractivity (Wildman–Crippen MR) is 269 cm³/mol. The lowest BCUT2D eigenvalue weighted by Gasteiger charge is -2.68. The van der Waals surface area contributed by atoms with Crippen molar-refractivity contribution in [2.45, 2.75) is 222 Å². The summed E-state index contributed by atoms with van der Waals surface area (Å²) in [6.07, 6.45) is 3.06. The van der Waals surface area contributed by atoms with Crippen molar-refractivity contribution in [1.29, 1.82) is 0 Å². The second-order valence-corrected chi connectivity index (χ2v) is 16.2. The van der Waals surface area contributed by atoms with Gasteiger partial charge in [-0.1, -0.05) is 41.5 Å². The van der Waals surface area contributed by atoms with E-state index in [9.17, 15) is 5.11 Å². The molecule has 19 nitrogen and oxygen atoms in total. The lowest BCUT2D eigenvalue weighted by molar-refractivity contribution is -0.631. The van der Waals surface area contributed by atoms with Crippen molar-refractivity contribution in [3.63, 3.8) is 0 Å². The summed E-state index contributed by atoms with van der Waals surface area (Å²) in [5, 5.41) is 13.4. The van der Waals surface area contributed by atoms with Gasteiger partial charge in [-0.25, -0.2) is 0 Å². The maximum absolute atomic E-state index is 13.4. The minimum atomic E-state index is -2.88. The molecule has 1 unspecified atom stereocenters. The van der Waals surface area contributed by atoms with Gasteiger partial charge in [0, 0.05) is 85.9 Å². The topological polar surface area (TPSA) is 186 Å². The van der Waals surface area contributed by atoms with Crippen LogP contribution in [0.15, 0.2) is 0 Å². The Labute approximate surface area is 430 Å². The number of rotatable bonds is 50. The highest BCUT2D eigenvalue weighted by molar-refractivity contribution is 5.23. The van der Waals surface area contributed by atoms with Crippen molar-refractivity contribution in [3.8, 4) is 0 Å². The summed E-state index contributed by atoms with van der Waals surface area (Å²) in [6, 6.07) is 0. The summed E-state index contributed by atoms with van der Waals surface area (Å²) in [5.74, 6) is -21.4. The first-order valence-electron chi connectivity index (χ1n) is 27.3. The van der Waals surface area contributed by atoms with Crippen LogP contribution in [0.4, 0.5) is 0 Å². The molecule has 0 aliphatic rings. The van der Waals surface area contributed by atoms with Crippen LogP contribution in [0.2, 0.25) is 0 Å². The van der Waals surface area contributed by atoms with E-state index in [1.807, 2.05) is 41.5 Å². The van der Waals surface area contributed by atoms with E-state index in [1.54, 1.807) is 90.0 Å². The number of hydrogen-bond donors (Lipinski definition) is 1. The number of ether oxygens (including phenoxy) is 18. The van der Waals surface area contributed by atoms with Gasteiger partial charge < -0.3 is 90.4 Å². The molecule has 0 bridgehead atoms. The monoisotopic (exact) mass is 1030 g/mol. The maximum Gasteiger partial charge on any atom is 0.344 e. The molecule has 428 valence electrons. The average Bonchev–Trinajstić information content (AvgIpc) is 3.35. The first-order chi connectivity index (χ1) is 34.1. The molecule has 0 amide bonds. The molecule has 0 aromatic heterocycles. The first-order valence-corrected chi connectivity index (χ1v) is 27.3. The Bertz CT molecular complexity index is 1240. The maximum atomic E-state index is 13.4. The van der Waals surface area contributed by atoms with Gasteiger partial charge in [0.05, 0.1) is 33.0 Å². The molecule has 19 heteroatoms. The van der Waals surface area contributed by atoms with Crippen molar-refractivity contribution < 1.29 is 90.4 Å². The molecule has 0 fully saturated rings. The average molecular weight is 1040 g/mol. The SMILES string of the molecule is CCCOC(OCCC)(OCCC)C(C)(OCCC)C(OCCC)(OCCC)C(OCC)(OCC)C(OCC)(OCC)C(OCC)(OCC)C(OCC)(OCC)C(OCC)(OCC)C(O)(OCC)OCC. The molecule has 0 heterocycles. The molecule has 0 radical (unpaired) electrons. The molecular formula is C52H106O19. The fourth-order valence-electron chi connectivity index (χ4n) is 9.08. The van der Waals surface area contributed by atoms with Crippen LogP contribution in [0, 0.1) is 0 Å². The van der Waals surface area contributed by atoms with E-state index in [1.165, 1.54) is 0 Å². The van der Waals surface area contributed by atoms with Gasteiger partial charge in [0.25, 0.3) is 28.9 Å². The Balaban J connectivity index is 11.3. The van der Waals surface area contributed by atoms with Gasteiger partial charge in [-0.05, 0) is 129 Å². The fraction of sp³-hybridized carbons (Fsp3) is 1.00. The van der Waals surface area contributed by atoms with Gasteiger partial charge in [0.15, 0.2) is 0 Å². The number of aliphatic hydroxyl groups is 1. The minimum Gasteiger partial charge on any atom is -0.361 e.